The van der Waals surface area contributed by atoms with E-state index in [2.05, 4.69) is 10.1 Å². The number of carboxylic acids is 1. The lowest BCUT2D eigenvalue weighted by Gasteiger charge is -2.27. The molecule has 0 unspecified atom stereocenters. The summed E-state index contributed by atoms with van der Waals surface area (Å²) in [4.78, 5) is 26.5. The fourth-order valence-corrected chi connectivity index (χ4v) is 4.83. The zero-order chi connectivity index (χ0) is 29.3. The minimum Gasteiger partial charge on any atom is -0.497 e. The Bertz CT molecular complexity index is 1510. The van der Waals surface area contributed by atoms with E-state index in [9.17, 15) is 22.8 Å². The third-order valence-electron chi connectivity index (χ3n) is 6.70. The Hall–Kier alpha value is -4.38. The molecule has 1 aliphatic heterocycles. The van der Waals surface area contributed by atoms with Gasteiger partial charge in [-0.1, -0.05) is 29.8 Å². The lowest BCUT2D eigenvalue weighted by atomic mass is 9.96. The highest BCUT2D eigenvalue weighted by molar-refractivity contribution is 6.30. The third-order valence-corrected chi connectivity index (χ3v) is 6.95. The number of nitrogens with one attached hydrogen (secondary N) is 1. The van der Waals surface area contributed by atoms with E-state index >= 15 is 0 Å². The van der Waals surface area contributed by atoms with Gasteiger partial charge >= 0.3 is 12.3 Å². The first-order valence-corrected chi connectivity index (χ1v) is 12.9. The van der Waals surface area contributed by atoms with Crippen LogP contribution in [0.3, 0.4) is 0 Å². The fourth-order valence-electron chi connectivity index (χ4n) is 4.71. The number of hydrogen-bond acceptors (Lipinski definition) is 6. The number of anilines is 2. The van der Waals surface area contributed by atoms with Crippen molar-refractivity contribution in [3.8, 4) is 17.2 Å². The van der Waals surface area contributed by atoms with Gasteiger partial charge in [0.15, 0.2) is 0 Å². The maximum absolute atomic E-state index is 14.0. The molecule has 0 saturated heterocycles. The van der Waals surface area contributed by atoms with E-state index in [0.717, 1.165) is 0 Å². The van der Waals surface area contributed by atoms with Crippen molar-refractivity contribution >= 4 is 34.9 Å². The van der Waals surface area contributed by atoms with Crippen molar-refractivity contribution in [2.24, 2.45) is 0 Å². The highest BCUT2D eigenvalue weighted by atomic mass is 35.5. The fraction of sp³-hybridized carbons (Fsp3) is 0.241. The first kappa shape index (κ1) is 28.2. The Balaban J connectivity index is 1.45. The lowest BCUT2D eigenvalue weighted by molar-refractivity contribution is -0.274. The molecule has 12 heteroatoms. The monoisotopic (exact) mass is 588 g/mol. The summed E-state index contributed by atoms with van der Waals surface area (Å²) in [6.07, 6.45) is -3.08. The van der Waals surface area contributed by atoms with E-state index in [1.807, 2.05) is 0 Å². The van der Waals surface area contributed by atoms with Gasteiger partial charge in [-0.2, -0.15) is 0 Å². The summed E-state index contributed by atoms with van der Waals surface area (Å²) in [5, 5.41) is 12.8. The van der Waals surface area contributed by atoms with Crippen LogP contribution < -0.4 is 24.4 Å². The maximum Gasteiger partial charge on any atom is 0.573 e. The lowest BCUT2D eigenvalue weighted by Crippen LogP contribution is -2.37. The van der Waals surface area contributed by atoms with Crippen molar-refractivity contribution in [2.75, 3.05) is 23.9 Å². The molecule has 3 aromatic carbocycles. The number of fused-ring (bicyclic) bond motifs is 1. The van der Waals surface area contributed by atoms with Crippen molar-refractivity contribution in [3.63, 3.8) is 0 Å². The molecule has 1 amide bonds. The summed E-state index contributed by atoms with van der Waals surface area (Å²) in [6, 6.07) is 14.6. The quantitative estimate of drug-likeness (QED) is 0.309. The molecular weight excluding hydrogens is 565 g/mol. The van der Waals surface area contributed by atoms with Crippen LogP contribution >= 0.6 is 11.6 Å². The topological polar surface area (TPSA) is 97.3 Å². The number of carbonyl (C=O) groups is 2. The second-order valence-electron chi connectivity index (χ2n) is 9.46. The predicted molar refractivity (Wildman–Crippen MR) is 145 cm³/mol. The first-order valence-electron chi connectivity index (χ1n) is 12.5. The van der Waals surface area contributed by atoms with Gasteiger partial charge in [-0.25, -0.2) is 4.79 Å². The van der Waals surface area contributed by atoms with E-state index in [4.69, 9.17) is 26.2 Å². The van der Waals surface area contributed by atoms with E-state index in [1.54, 1.807) is 42.5 Å². The number of aliphatic carboxylic acids is 1. The molecule has 41 heavy (non-hydrogen) atoms. The number of benzene rings is 3. The normalized spacial score (nSPS) is 16.7. The van der Waals surface area contributed by atoms with Gasteiger partial charge in [-0.05, 0) is 41.8 Å². The predicted octanol–water partition coefficient (Wildman–Crippen LogP) is 6.15. The van der Waals surface area contributed by atoms with Crippen LogP contribution in [-0.2, 0) is 16.0 Å². The standard InChI is InChI=1S/C29H24ClF3N2O6/c1-39-22-12-20(13-24(14-22)40-23-10-18(11-23)28(37)38)34-26(17-2-5-19(30)6-3-17)27(36)35-9-8-16-4-7-21(15-25(16)35)41-29(31,32)33/h2-7,10,12-15,23,26,34H,8-9,11H2,1H3,(H,37,38)/t23-,26+/m1/s1. The van der Waals surface area contributed by atoms with E-state index < -0.39 is 36.1 Å². The second kappa shape index (κ2) is 11.2. The number of amides is 1. The van der Waals surface area contributed by atoms with Gasteiger partial charge in [-0.15, -0.1) is 13.2 Å². The largest absolute Gasteiger partial charge is 0.573 e. The molecule has 2 N–H and O–H groups in total. The molecule has 1 aliphatic carbocycles. The van der Waals surface area contributed by atoms with Crippen LogP contribution in [0.4, 0.5) is 24.5 Å². The zero-order valence-electron chi connectivity index (χ0n) is 21.6. The minimum atomic E-state index is -4.87. The summed E-state index contributed by atoms with van der Waals surface area (Å²) < 4.78 is 53.9. The molecule has 0 fully saturated rings. The van der Waals surface area contributed by atoms with Crippen molar-refractivity contribution in [3.05, 3.63) is 88.5 Å². The van der Waals surface area contributed by atoms with Crippen LogP contribution in [0.15, 0.2) is 72.3 Å². The molecule has 8 nitrogen and oxygen atoms in total. The number of alkyl halides is 3. The van der Waals surface area contributed by atoms with E-state index in [0.29, 0.717) is 45.4 Å². The van der Waals surface area contributed by atoms with Gasteiger partial charge in [0.25, 0.3) is 5.91 Å². The number of methoxy groups -OCH3 is 1. The molecule has 1 heterocycles. The van der Waals surface area contributed by atoms with E-state index in [-0.39, 0.29) is 18.5 Å². The summed E-state index contributed by atoms with van der Waals surface area (Å²) in [5.41, 5.74) is 2.34. The van der Waals surface area contributed by atoms with Crippen molar-refractivity contribution in [2.45, 2.75) is 31.3 Å². The number of hydrogen-bond donors (Lipinski definition) is 2. The molecule has 3 aromatic rings. The van der Waals surface area contributed by atoms with Crippen LogP contribution in [-0.4, -0.2) is 43.1 Å². The Labute approximate surface area is 237 Å². The van der Waals surface area contributed by atoms with Crippen LogP contribution in [0.25, 0.3) is 0 Å². The van der Waals surface area contributed by atoms with Crippen LogP contribution in [0.2, 0.25) is 5.02 Å². The summed E-state index contributed by atoms with van der Waals surface area (Å²) in [5.74, 6) is -1.01. The smallest absolute Gasteiger partial charge is 0.497 e. The molecule has 2 aliphatic rings. The van der Waals surface area contributed by atoms with E-state index in [1.165, 1.54) is 36.3 Å². The maximum atomic E-state index is 14.0. The Morgan fingerprint density at radius 1 is 1.05 bits per heavy atom. The molecule has 0 bridgehead atoms. The Morgan fingerprint density at radius 2 is 1.76 bits per heavy atom. The average molecular weight is 589 g/mol. The Morgan fingerprint density at radius 3 is 2.41 bits per heavy atom. The van der Waals surface area contributed by atoms with Crippen molar-refractivity contribution in [1.82, 2.24) is 0 Å². The number of carboxylic acid groups (broad SMARTS) is 1. The number of rotatable bonds is 9. The van der Waals surface area contributed by atoms with Crippen molar-refractivity contribution in [1.29, 1.82) is 0 Å². The number of ether oxygens (including phenoxy) is 3. The number of halogens is 4. The molecule has 0 aromatic heterocycles. The molecule has 2 atom stereocenters. The second-order valence-corrected chi connectivity index (χ2v) is 9.90. The van der Waals surface area contributed by atoms with Gasteiger partial charge in [0.05, 0.1) is 12.8 Å². The molecule has 0 spiro atoms. The first-order chi connectivity index (χ1) is 19.5. The van der Waals surface area contributed by atoms with Gasteiger partial charge in [0.1, 0.15) is 29.4 Å². The molecule has 5 rings (SSSR count). The SMILES string of the molecule is COc1cc(N[C@H](C(=O)N2CCc3ccc(OC(F)(F)F)cc32)c2ccc(Cl)cc2)cc(O[C@@H]2C=C(C(=O)O)C2)c1. The van der Waals surface area contributed by atoms with Gasteiger partial charge in [0, 0.05) is 53.5 Å². The van der Waals surface area contributed by atoms with Crippen molar-refractivity contribution < 1.29 is 42.1 Å². The number of nitrogens with zero attached hydrogens (tertiary/aromatic N) is 1. The average Bonchev–Trinajstić information content (AvgIpc) is 3.31. The summed E-state index contributed by atoms with van der Waals surface area (Å²) in [6.45, 7) is 0.266. The van der Waals surface area contributed by atoms with Crippen LogP contribution in [0.1, 0.15) is 23.6 Å². The van der Waals surface area contributed by atoms with Gasteiger partial charge in [-0.3, -0.25) is 4.79 Å². The third kappa shape index (κ3) is 6.51. The molecule has 214 valence electrons. The van der Waals surface area contributed by atoms with Crippen LogP contribution in [0, 0.1) is 0 Å². The minimum absolute atomic E-state index is 0.246. The molecular formula is C29H24ClF3N2O6. The van der Waals surface area contributed by atoms with Crippen LogP contribution in [0.5, 0.6) is 17.2 Å². The Kier molecular flexibility index (Phi) is 7.72. The number of carbonyl (C=O) groups excluding carboxylic acids is 1. The van der Waals surface area contributed by atoms with Gasteiger partial charge in [0.2, 0.25) is 0 Å². The highest BCUT2D eigenvalue weighted by Crippen LogP contribution is 2.37. The highest BCUT2D eigenvalue weighted by Gasteiger charge is 2.35. The van der Waals surface area contributed by atoms with Gasteiger partial charge < -0.3 is 29.5 Å². The summed E-state index contributed by atoms with van der Waals surface area (Å²) in [7, 11) is 1.47. The molecule has 0 radical (unpaired) electrons. The summed E-state index contributed by atoms with van der Waals surface area (Å²) >= 11 is 6.08. The zero-order valence-corrected chi connectivity index (χ0v) is 22.3. The molecule has 0 saturated carbocycles.